The van der Waals surface area contributed by atoms with E-state index in [9.17, 15) is 8.42 Å². The molecule has 0 spiro atoms. The third-order valence-electron chi connectivity index (χ3n) is 4.81. The van der Waals surface area contributed by atoms with Crippen LogP contribution in [0.25, 0.3) is 0 Å². The minimum absolute atomic E-state index is 0.0434. The van der Waals surface area contributed by atoms with Crippen LogP contribution in [0.2, 0.25) is 0 Å². The normalized spacial score (nSPS) is 27.8. The first-order valence-electron chi connectivity index (χ1n) is 7.69. The molecule has 5 nitrogen and oxygen atoms in total. The summed E-state index contributed by atoms with van der Waals surface area (Å²) in [5, 5.41) is 12.5. The highest BCUT2D eigenvalue weighted by Crippen LogP contribution is 2.30. The summed E-state index contributed by atoms with van der Waals surface area (Å²) >= 11 is 0. The second-order valence-electron chi connectivity index (χ2n) is 6.35. The maximum atomic E-state index is 12.7. The lowest BCUT2D eigenvalue weighted by Crippen LogP contribution is -2.48. The number of nitrogens with zero attached hydrogens (tertiary/aromatic N) is 2. The fourth-order valence-corrected chi connectivity index (χ4v) is 5.03. The van der Waals surface area contributed by atoms with Crippen molar-refractivity contribution in [1.82, 2.24) is 9.62 Å². The van der Waals surface area contributed by atoms with Crippen molar-refractivity contribution in [3.05, 3.63) is 35.4 Å². The van der Waals surface area contributed by atoms with E-state index >= 15 is 0 Å². The van der Waals surface area contributed by atoms with Gasteiger partial charge in [0.15, 0.2) is 0 Å². The molecule has 118 valence electrons. The summed E-state index contributed by atoms with van der Waals surface area (Å²) in [6.07, 6.45) is 4.09. The molecular formula is C16H21N3O2S. The second-order valence-corrected chi connectivity index (χ2v) is 8.38. The van der Waals surface area contributed by atoms with Gasteiger partial charge in [0.25, 0.3) is 0 Å². The van der Waals surface area contributed by atoms with Crippen LogP contribution < -0.4 is 5.32 Å². The predicted molar refractivity (Wildman–Crippen MR) is 84.5 cm³/mol. The van der Waals surface area contributed by atoms with Gasteiger partial charge in [-0.1, -0.05) is 12.1 Å². The lowest BCUT2D eigenvalue weighted by atomic mass is 10.0. The summed E-state index contributed by atoms with van der Waals surface area (Å²) in [7, 11) is -1.67. The number of fused-ring (bicyclic) bond motifs is 2. The van der Waals surface area contributed by atoms with Crippen LogP contribution in [0.3, 0.4) is 0 Å². The summed E-state index contributed by atoms with van der Waals surface area (Å²) in [6.45, 7) is 0. The molecule has 3 rings (SSSR count). The molecule has 2 aliphatic heterocycles. The van der Waals surface area contributed by atoms with Crippen LogP contribution in [0.5, 0.6) is 0 Å². The molecule has 2 aliphatic rings. The van der Waals surface area contributed by atoms with Crippen molar-refractivity contribution in [2.75, 3.05) is 7.05 Å². The Kier molecular flexibility index (Phi) is 4.22. The van der Waals surface area contributed by atoms with E-state index in [4.69, 9.17) is 5.26 Å². The number of piperidine rings is 1. The highest BCUT2D eigenvalue weighted by atomic mass is 32.2. The maximum Gasteiger partial charge on any atom is 0.218 e. The molecule has 1 aromatic carbocycles. The molecule has 0 amide bonds. The van der Waals surface area contributed by atoms with E-state index in [0.717, 1.165) is 25.7 Å². The van der Waals surface area contributed by atoms with Crippen LogP contribution in [0.1, 0.15) is 36.8 Å². The predicted octanol–water partition coefficient (Wildman–Crippen LogP) is 1.60. The third kappa shape index (κ3) is 3.17. The van der Waals surface area contributed by atoms with Gasteiger partial charge in [-0.25, -0.2) is 12.7 Å². The standard InChI is InChI=1S/C16H21N3O2S/c1-19(16-8-14-5-6-15(9-16)18-14)22(20,21)11-13-4-2-3-12(7-13)10-17/h2-4,7,14-16,18H,5-6,8-9,11H2,1H3. The Bertz CT molecular complexity index is 684. The summed E-state index contributed by atoms with van der Waals surface area (Å²) in [5.41, 5.74) is 1.16. The fraction of sp³-hybridized carbons (Fsp3) is 0.562. The van der Waals surface area contributed by atoms with Gasteiger partial charge >= 0.3 is 0 Å². The van der Waals surface area contributed by atoms with Gasteiger partial charge in [0.2, 0.25) is 10.0 Å². The zero-order valence-electron chi connectivity index (χ0n) is 12.7. The average molecular weight is 319 g/mol. The summed E-state index contributed by atoms with van der Waals surface area (Å²) < 4.78 is 26.9. The van der Waals surface area contributed by atoms with Crippen LogP contribution in [-0.2, 0) is 15.8 Å². The van der Waals surface area contributed by atoms with Crippen molar-refractivity contribution < 1.29 is 8.42 Å². The van der Waals surface area contributed by atoms with Gasteiger partial charge in [0.1, 0.15) is 0 Å². The van der Waals surface area contributed by atoms with Gasteiger partial charge in [-0.2, -0.15) is 5.26 Å². The number of hydrogen-bond acceptors (Lipinski definition) is 4. The Labute approximate surface area is 132 Å². The lowest BCUT2D eigenvalue weighted by Gasteiger charge is -2.34. The Morgan fingerprint density at radius 2 is 2.00 bits per heavy atom. The van der Waals surface area contributed by atoms with Crippen LogP contribution in [0.4, 0.5) is 0 Å². The SMILES string of the molecule is CN(C1CC2CCC(C1)N2)S(=O)(=O)Cc1cccc(C#N)c1. The van der Waals surface area contributed by atoms with E-state index in [0.29, 0.717) is 23.2 Å². The molecule has 1 aromatic rings. The molecule has 2 saturated heterocycles. The van der Waals surface area contributed by atoms with Crippen molar-refractivity contribution in [2.24, 2.45) is 0 Å². The van der Waals surface area contributed by atoms with Crippen molar-refractivity contribution in [1.29, 1.82) is 5.26 Å². The van der Waals surface area contributed by atoms with E-state index in [1.165, 1.54) is 0 Å². The first-order valence-corrected chi connectivity index (χ1v) is 9.29. The molecular weight excluding hydrogens is 298 g/mol. The molecule has 2 heterocycles. The molecule has 2 fully saturated rings. The maximum absolute atomic E-state index is 12.7. The van der Waals surface area contributed by atoms with Crippen LogP contribution in [0.15, 0.2) is 24.3 Å². The zero-order valence-corrected chi connectivity index (χ0v) is 13.5. The van der Waals surface area contributed by atoms with E-state index in [1.54, 1.807) is 35.6 Å². The van der Waals surface area contributed by atoms with Gasteiger partial charge < -0.3 is 5.32 Å². The smallest absolute Gasteiger partial charge is 0.218 e. The van der Waals surface area contributed by atoms with Crippen LogP contribution in [0, 0.1) is 11.3 Å². The number of rotatable bonds is 4. The van der Waals surface area contributed by atoms with E-state index in [1.807, 2.05) is 6.07 Å². The van der Waals surface area contributed by atoms with Gasteiger partial charge in [0.05, 0.1) is 17.4 Å². The second kappa shape index (κ2) is 5.99. The van der Waals surface area contributed by atoms with Gasteiger partial charge in [-0.3, -0.25) is 0 Å². The van der Waals surface area contributed by atoms with Crippen molar-refractivity contribution in [2.45, 2.75) is 49.6 Å². The Morgan fingerprint density at radius 1 is 1.32 bits per heavy atom. The zero-order chi connectivity index (χ0) is 15.7. The lowest BCUT2D eigenvalue weighted by molar-refractivity contribution is 0.251. The van der Waals surface area contributed by atoms with Gasteiger partial charge in [0, 0.05) is 25.2 Å². The minimum atomic E-state index is -3.36. The monoisotopic (exact) mass is 319 g/mol. The molecule has 0 aromatic heterocycles. The molecule has 0 radical (unpaired) electrons. The van der Waals surface area contributed by atoms with Crippen LogP contribution >= 0.6 is 0 Å². The number of benzene rings is 1. The van der Waals surface area contributed by atoms with E-state index in [2.05, 4.69) is 5.32 Å². The van der Waals surface area contributed by atoms with Crippen molar-refractivity contribution >= 4 is 10.0 Å². The highest BCUT2D eigenvalue weighted by Gasteiger charge is 2.38. The summed E-state index contributed by atoms with van der Waals surface area (Å²) in [4.78, 5) is 0. The first-order chi connectivity index (χ1) is 10.5. The molecule has 0 aliphatic carbocycles. The minimum Gasteiger partial charge on any atom is -0.311 e. The molecule has 6 heteroatoms. The number of nitriles is 1. The highest BCUT2D eigenvalue weighted by molar-refractivity contribution is 7.88. The quantitative estimate of drug-likeness (QED) is 0.915. The van der Waals surface area contributed by atoms with Gasteiger partial charge in [-0.05, 0) is 43.4 Å². The summed E-state index contributed by atoms with van der Waals surface area (Å²) in [5.74, 6) is -0.0434. The van der Waals surface area contributed by atoms with E-state index in [-0.39, 0.29) is 11.8 Å². The van der Waals surface area contributed by atoms with E-state index < -0.39 is 10.0 Å². The molecule has 2 unspecified atom stereocenters. The fourth-order valence-electron chi connectivity index (χ4n) is 3.59. The molecule has 0 saturated carbocycles. The van der Waals surface area contributed by atoms with Crippen LogP contribution in [-0.4, -0.2) is 37.9 Å². The molecule has 2 bridgehead atoms. The number of sulfonamides is 1. The molecule has 22 heavy (non-hydrogen) atoms. The molecule has 1 N–H and O–H groups in total. The topological polar surface area (TPSA) is 73.2 Å². The summed E-state index contributed by atoms with van der Waals surface area (Å²) in [6, 6.07) is 9.89. The van der Waals surface area contributed by atoms with Crippen molar-refractivity contribution in [3.63, 3.8) is 0 Å². The third-order valence-corrected chi connectivity index (χ3v) is 6.68. The van der Waals surface area contributed by atoms with Gasteiger partial charge in [-0.15, -0.1) is 0 Å². The Morgan fingerprint density at radius 3 is 2.64 bits per heavy atom. The Balaban J connectivity index is 1.73. The molecule has 2 atom stereocenters. The van der Waals surface area contributed by atoms with Crippen molar-refractivity contribution in [3.8, 4) is 6.07 Å². The number of hydrogen-bond donors (Lipinski definition) is 1. The number of nitrogens with one attached hydrogen (secondary N) is 1. The first kappa shape index (κ1) is 15.5. The largest absolute Gasteiger partial charge is 0.311 e. The Hall–Kier alpha value is -1.42. The average Bonchev–Trinajstić information content (AvgIpc) is 2.84.